The van der Waals surface area contributed by atoms with Gasteiger partial charge in [0.1, 0.15) is 0 Å². The maximum atomic E-state index is 10.5. The first kappa shape index (κ1) is 14.5. The molecular formula is C10H17NO2S2. The summed E-state index contributed by atoms with van der Waals surface area (Å²) < 4.78 is 20.9. The van der Waals surface area contributed by atoms with Gasteiger partial charge in [0.05, 0.1) is 5.16 Å². The van der Waals surface area contributed by atoms with Crippen molar-refractivity contribution in [3.63, 3.8) is 0 Å². The van der Waals surface area contributed by atoms with E-state index in [9.17, 15) is 8.42 Å². The first-order chi connectivity index (χ1) is 7.18. The van der Waals surface area contributed by atoms with Crippen molar-refractivity contribution in [3.8, 4) is 0 Å². The third-order valence-corrected chi connectivity index (χ3v) is 3.05. The van der Waals surface area contributed by atoms with Crippen LogP contribution in [0.4, 0.5) is 0 Å². The number of isothiocyanates is 1. The van der Waals surface area contributed by atoms with Gasteiger partial charge < -0.3 is 0 Å². The SMILES string of the molecule is CC(CCCCCCCN=C=S)=S(=O)=O. The van der Waals surface area contributed by atoms with Gasteiger partial charge in [0, 0.05) is 11.4 Å². The van der Waals surface area contributed by atoms with Crippen LogP contribution in [0.5, 0.6) is 0 Å². The molecule has 0 heterocycles. The Morgan fingerprint density at radius 1 is 1.20 bits per heavy atom. The van der Waals surface area contributed by atoms with Crippen LogP contribution in [0.1, 0.15) is 45.4 Å². The molecule has 0 aliphatic carbocycles. The number of unbranched alkanes of at least 4 members (excludes halogenated alkanes) is 4. The molecule has 0 aromatic rings. The highest BCUT2D eigenvalue weighted by Gasteiger charge is 1.94. The maximum absolute atomic E-state index is 10.5. The Labute approximate surface area is 98.1 Å². The second-order valence-corrected chi connectivity index (χ2v) is 4.78. The Morgan fingerprint density at radius 3 is 2.40 bits per heavy atom. The van der Waals surface area contributed by atoms with Gasteiger partial charge in [0.2, 0.25) is 10.3 Å². The topological polar surface area (TPSA) is 46.5 Å². The van der Waals surface area contributed by atoms with Gasteiger partial charge in [0.25, 0.3) is 0 Å². The van der Waals surface area contributed by atoms with E-state index in [1.54, 1.807) is 6.92 Å². The van der Waals surface area contributed by atoms with Gasteiger partial charge in [-0.15, -0.1) is 0 Å². The van der Waals surface area contributed by atoms with E-state index >= 15 is 0 Å². The summed E-state index contributed by atoms with van der Waals surface area (Å²) in [7, 11) is -1.99. The Bertz CT molecular complexity index is 332. The van der Waals surface area contributed by atoms with E-state index in [2.05, 4.69) is 22.4 Å². The number of rotatable bonds is 8. The molecule has 15 heavy (non-hydrogen) atoms. The fraction of sp³-hybridized carbons (Fsp3) is 0.800. The molecule has 0 saturated carbocycles. The lowest BCUT2D eigenvalue weighted by Gasteiger charge is -1.98. The summed E-state index contributed by atoms with van der Waals surface area (Å²) in [5, 5.41) is 2.33. The van der Waals surface area contributed by atoms with Crippen LogP contribution >= 0.6 is 12.2 Å². The van der Waals surface area contributed by atoms with Gasteiger partial charge in [-0.2, -0.15) is 8.42 Å². The molecule has 5 heteroatoms. The molecule has 0 aliphatic rings. The quantitative estimate of drug-likeness (QED) is 0.376. The highest BCUT2D eigenvalue weighted by Crippen LogP contribution is 2.05. The normalized spacial score (nSPS) is 9.40. The van der Waals surface area contributed by atoms with Crippen LogP contribution in [0.3, 0.4) is 0 Å². The zero-order valence-electron chi connectivity index (χ0n) is 9.03. The van der Waals surface area contributed by atoms with Gasteiger partial charge in [-0.3, -0.25) is 0 Å². The Balaban J connectivity index is 3.33. The molecule has 0 aliphatic heterocycles. The van der Waals surface area contributed by atoms with Crippen molar-refractivity contribution < 1.29 is 8.42 Å². The van der Waals surface area contributed by atoms with Gasteiger partial charge in [-0.1, -0.05) is 19.3 Å². The Hall–Kier alpha value is -0.510. The standard InChI is InChI=1S/C10H17NO2S2/c1-10(15(12)13)7-5-3-2-4-6-8-11-9-14/h2-8H2,1H3. The number of thiocarbonyl (C=S) groups is 1. The van der Waals surface area contributed by atoms with E-state index in [-0.39, 0.29) is 0 Å². The summed E-state index contributed by atoms with van der Waals surface area (Å²) in [6.45, 7) is 2.43. The largest absolute Gasteiger partial charge is 0.233 e. The zero-order valence-corrected chi connectivity index (χ0v) is 10.7. The highest BCUT2D eigenvalue weighted by molar-refractivity contribution is 7.78. The predicted molar refractivity (Wildman–Crippen MR) is 67.2 cm³/mol. The van der Waals surface area contributed by atoms with Crippen molar-refractivity contribution in [2.75, 3.05) is 6.54 Å². The number of hydrogen-bond acceptors (Lipinski definition) is 4. The molecule has 0 rings (SSSR count). The predicted octanol–water partition coefficient (Wildman–Crippen LogP) is 2.50. The minimum atomic E-state index is -1.99. The lowest BCUT2D eigenvalue weighted by Crippen LogP contribution is -1.92. The Kier molecular flexibility index (Phi) is 9.68. The maximum Gasteiger partial charge on any atom is 0.212 e. The van der Waals surface area contributed by atoms with Gasteiger partial charge in [-0.25, -0.2) is 4.99 Å². The molecular weight excluding hydrogens is 230 g/mol. The third-order valence-electron chi connectivity index (χ3n) is 2.15. The van der Waals surface area contributed by atoms with Crippen LogP contribution in [-0.4, -0.2) is 25.0 Å². The van der Waals surface area contributed by atoms with E-state index in [1.807, 2.05) is 0 Å². The minimum absolute atomic E-state index is 0.556. The molecule has 86 valence electrons. The molecule has 0 saturated heterocycles. The molecule has 0 N–H and O–H groups in total. The number of nitrogens with zero attached hydrogens (tertiary/aromatic N) is 1. The second kappa shape index (κ2) is 10.0. The van der Waals surface area contributed by atoms with Crippen molar-refractivity contribution in [2.24, 2.45) is 4.99 Å². The van der Waals surface area contributed by atoms with E-state index in [1.165, 1.54) is 0 Å². The van der Waals surface area contributed by atoms with Crippen molar-refractivity contribution in [2.45, 2.75) is 45.4 Å². The highest BCUT2D eigenvalue weighted by atomic mass is 32.2. The molecule has 0 aromatic heterocycles. The number of aliphatic imine (C=N–C) groups is 1. The van der Waals surface area contributed by atoms with Crippen molar-refractivity contribution in [1.82, 2.24) is 0 Å². The molecule has 0 atom stereocenters. The van der Waals surface area contributed by atoms with E-state index < -0.39 is 10.3 Å². The smallest absolute Gasteiger partial charge is 0.212 e. The lowest BCUT2D eigenvalue weighted by atomic mass is 10.1. The molecule has 0 fully saturated rings. The van der Waals surface area contributed by atoms with Crippen molar-refractivity contribution in [1.29, 1.82) is 0 Å². The van der Waals surface area contributed by atoms with E-state index in [0.29, 0.717) is 11.3 Å². The molecule has 0 unspecified atom stereocenters. The summed E-state index contributed by atoms with van der Waals surface area (Å²) in [5.74, 6) is 0. The van der Waals surface area contributed by atoms with Crippen LogP contribution in [-0.2, 0) is 10.3 Å². The molecule has 0 radical (unpaired) electrons. The van der Waals surface area contributed by atoms with Crippen molar-refractivity contribution >= 4 is 32.5 Å². The third kappa shape index (κ3) is 9.79. The van der Waals surface area contributed by atoms with E-state index in [4.69, 9.17) is 0 Å². The van der Waals surface area contributed by atoms with Crippen LogP contribution in [0.2, 0.25) is 0 Å². The average Bonchev–Trinajstić information content (AvgIpc) is 2.21. The van der Waals surface area contributed by atoms with Crippen LogP contribution in [0.15, 0.2) is 4.99 Å². The zero-order chi connectivity index (χ0) is 11.5. The summed E-state index contributed by atoms with van der Waals surface area (Å²) in [4.78, 5) is 4.38. The molecule has 0 bridgehead atoms. The van der Waals surface area contributed by atoms with E-state index in [0.717, 1.165) is 38.6 Å². The fourth-order valence-corrected chi connectivity index (χ4v) is 1.63. The summed E-state index contributed by atoms with van der Waals surface area (Å²) in [5.41, 5.74) is 0. The average molecular weight is 247 g/mol. The van der Waals surface area contributed by atoms with Crippen LogP contribution in [0, 0.1) is 0 Å². The first-order valence-corrected chi connectivity index (χ1v) is 6.62. The molecule has 0 amide bonds. The second-order valence-electron chi connectivity index (χ2n) is 3.43. The molecule has 0 spiro atoms. The van der Waals surface area contributed by atoms with Gasteiger partial charge >= 0.3 is 0 Å². The van der Waals surface area contributed by atoms with Crippen LogP contribution < -0.4 is 0 Å². The van der Waals surface area contributed by atoms with Crippen LogP contribution in [0.25, 0.3) is 0 Å². The number of hydrogen-bond donors (Lipinski definition) is 0. The Morgan fingerprint density at radius 2 is 1.80 bits per heavy atom. The summed E-state index contributed by atoms with van der Waals surface area (Å²) in [6, 6.07) is 0. The lowest BCUT2D eigenvalue weighted by molar-refractivity contribution is 0.622. The molecule has 3 nitrogen and oxygen atoms in total. The van der Waals surface area contributed by atoms with Gasteiger partial charge in [0.15, 0.2) is 0 Å². The van der Waals surface area contributed by atoms with Gasteiger partial charge in [-0.05, 0) is 38.4 Å². The van der Waals surface area contributed by atoms with Crippen molar-refractivity contribution in [3.05, 3.63) is 0 Å². The summed E-state index contributed by atoms with van der Waals surface area (Å²) >= 11 is 4.45. The first-order valence-electron chi connectivity index (χ1n) is 5.13. The molecule has 0 aromatic carbocycles. The summed E-state index contributed by atoms with van der Waals surface area (Å²) in [6.07, 6.45) is 6.02. The fourth-order valence-electron chi connectivity index (χ4n) is 1.22. The minimum Gasteiger partial charge on any atom is -0.233 e. The monoisotopic (exact) mass is 247 g/mol.